The predicted octanol–water partition coefficient (Wildman–Crippen LogP) is 2.41. The normalized spacial score (nSPS) is 11.0. The Kier molecular flexibility index (Phi) is 5.28. The van der Waals surface area contributed by atoms with E-state index in [-0.39, 0.29) is 5.91 Å². The van der Waals surface area contributed by atoms with Crippen molar-refractivity contribution in [2.24, 2.45) is 5.92 Å². The van der Waals surface area contributed by atoms with Crippen LogP contribution in [0.3, 0.4) is 0 Å². The number of carbonyl (C=O) groups is 1. The molecule has 112 valence electrons. The molecule has 1 aromatic heterocycles. The lowest BCUT2D eigenvalue weighted by Crippen LogP contribution is -2.35. The van der Waals surface area contributed by atoms with Crippen molar-refractivity contribution in [3.63, 3.8) is 0 Å². The molecule has 0 aliphatic heterocycles. The van der Waals surface area contributed by atoms with Crippen molar-refractivity contribution < 1.29 is 4.79 Å². The van der Waals surface area contributed by atoms with Gasteiger partial charge in [-0.2, -0.15) is 0 Å². The summed E-state index contributed by atoms with van der Waals surface area (Å²) in [5.41, 5.74) is 3.19. The van der Waals surface area contributed by atoms with E-state index in [4.69, 9.17) is 0 Å². The highest BCUT2D eigenvalue weighted by Crippen LogP contribution is 2.14. The van der Waals surface area contributed by atoms with Gasteiger partial charge < -0.3 is 10.6 Å². The third-order valence-corrected chi connectivity index (χ3v) is 3.22. The number of fused-ring (bicyclic) bond motifs is 1. The van der Waals surface area contributed by atoms with Crippen molar-refractivity contribution in [3.05, 3.63) is 41.6 Å². The number of aryl methyl sites for hydroxylation is 1. The Labute approximate surface area is 126 Å². The van der Waals surface area contributed by atoms with Gasteiger partial charge in [0.1, 0.15) is 0 Å². The smallest absolute Gasteiger partial charge is 0.233 e. The lowest BCUT2D eigenvalue weighted by Gasteiger charge is -2.09. The number of nitrogens with zero attached hydrogens (tertiary/aromatic N) is 1. The maximum Gasteiger partial charge on any atom is 0.233 e. The van der Waals surface area contributed by atoms with Gasteiger partial charge in [0.2, 0.25) is 5.91 Å². The number of aromatic nitrogens is 1. The second-order valence-electron chi connectivity index (χ2n) is 5.78. The van der Waals surface area contributed by atoms with Crippen LogP contribution in [-0.2, 0) is 11.3 Å². The minimum atomic E-state index is 0.0433. The molecule has 0 aliphatic rings. The van der Waals surface area contributed by atoms with Crippen LogP contribution < -0.4 is 10.6 Å². The van der Waals surface area contributed by atoms with Gasteiger partial charge >= 0.3 is 0 Å². The summed E-state index contributed by atoms with van der Waals surface area (Å²) in [6.07, 6.45) is 0. The summed E-state index contributed by atoms with van der Waals surface area (Å²) in [5.74, 6) is 0.521. The first-order valence-corrected chi connectivity index (χ1v) is 7.38. The summed E-state index contributed by atoms with van der Waals surface area (Å²) in [4.78, 5) is 16.1. The molecule has 2 aromatic rings. The monoisotopic (exact) mass is 285 g/mol. The van der Waals surface area contributed by atoms with E-state index >= 15 is 0 Å². The molecule has 21 heavy (non-hydrogen) atoms. The zero-order valence-electron chi connectivity index (χ0n) is 12.9. The molecule has 1 aromatic carbocycles. The fraction of sp³-hybridized carbons (Fsp3) is 0.412. The molecular weight excluding hydrogens is 262 g/mol. The van der Waals surface area contributed by atoms with E-state index in [1.807, 2.05) is 25.1 Å². The van der Waals surface area contributed by atoms with Gasteiger partial charge in [-0.15, -0.1) is 0 Å². The number of amides is 1. The quantitative estimate of drug-likeness (QED) is 0.857. The average molecular weight is 285 g/mol. The Morgan fingerprint density at radius 3 is 2.81 bits per heavy atom. The van der Waals surface area contributed by atoms with Gasteiger partial charge in [-0.1, -0.05) is 26.0 Å². The molecule has 0 saturated carbocycles. The minimum Gasteiger partial charge on any atom is -0.355 e. The summed E-state index contributed by atoms with van der Waals surface area (Å²) in [5, 5.41) is 7.19. The van der Waals surface area contributed by atoms with Crippen LogP contribution in [-0.4, -0.2) is 24.0 Å². The Hall–Kier alpha value is -1.94. The van der Waals surface area contributed by atoms with Crippen LogP contribution in [0.5, 0.6) is 0 Å². The summed E-state index contributed by atoms with van der Waals surface area (Å²) < 4.78 is 0. The zero-order chi connectivity index (χ0) is 15.2. The summed E-state index contributed by atoms with van der Waals surface area (Å²) in [6.45, 7) is 7.90. The molecule has 1 amide bonds. The molecule has 1 heterocycles. The van der Waals surface area contributed by atoms with Gasteiger partial charge in [-0.3, -0.25) is 9.78 Å². The van der Waals surface area contributed by atoms with Crippen LogP contribution in [0.2, 0.25) is 0 Å². The Morgan fingerprint density at radius 1 is 1.24 bits per heavy atom. The highest BCUT2D eigenvalue weighted by atomic mass is 16.1. The average Bonchev–Trinajstić information content (AvgIpc) is 2.45. The van der Waals surface area contributed by atoms with Crippen LogP contribution in [0.1, 0.15) is 25.1 Å². The Morgan fingerprint density at radius 2 is 2.05 bits per heavy atom. The van der Waals surface area contributed by atoms with E-state index in [9.17, 15) is 4.79 Å². The van der Waals surface area contributed by atoms with Crippen LogP contribution in [0.15, 0.2) is 30.3 Å². The summed E-state index contributed by atoms with van der Waals surface area (Å²) >= 11 is 0. The number of hydrogen-bond acceptors (Lipinski definition) is 3. The first-order valence-electron chi connectivity index (χ1n) is 7.38. The maximum absolute atomic E-state index is 11.6. The summed E-state index contributed by atoms with van der Waals surface area (Å²) in [7, 11) is 0. The van der Waals surface area contributed by atoms with E-state index in [0.717, 1.165) is 28.7 Å². The van der Waals surface area contributed by atoms with Gasteiger partial charge in [-0.25, -0.2) is 0 Å². The molecule has 0 radical (unpaired) electrons. The molecule has 2 N–H and O–H groups in total. The first kappa shape index (κ1) is 15.4. The number of pyridine rings is 1. The van der Waals surface area contributed by atoms with Gasteiger partial charge in [-0.05, 0) is 36.6 Å². The number of carbonyl (C=O) groups excluding carboxylic acids is 1. The molecule has 2 rings (SSSR count). The fourth-order valence-electron chi connectivity index (χ4n) is 2.09. The van der Waals surface area contributed by atoms with E-state index in [1.165, 1.54) is 0 Å². The Bertz CT molecular complexity index is 622. The first-order chi connectivity index (χ1) is 10.0. The van der Waals surface area contributed by atoms with Crippen LogP contribution in [0.25, 0.3) is 10.9 Å². The SMILES string of the molecule is Cc1ccc2cc(CNCC(=O)NCC(C)C)ccc2n1. The molecule has 0 saturated heterocycles. The lowest BCUT2D eigenvalue weighted by molar-refractivity contribution is -0.120. The van der Waals surface area contributed by atoms with Gasteiger partial charge in [0.05, 0.1) is 12.1 Å². The minimum absolute atomic E-state index is 0.0433. The highest BCUT2D eigenvalue weighted by molar-refractivity contribution is 5.79. The van der Waals surface area contributed by atoms with Crippen LogP contribution in [0, 0.1) is 12.8 Å². The standard InChI is InChI=1S/C17H23N3O/c1-12(2)9-19-17(21)11-18-10-14-5-7-16-15(8-14)6-4-13(3)20-16/h4-8,12,18H,9-11H2,1-3H3,(H,19,21). The highest BCUT2D eigenvalue weighted by Gasteiger charge is 2.02. The number of hydrogen-bond donors (Lipinski definition) is 2. The molecule has 0 spiro atoms. The van der Waals surface area contributed by atoms with E-state index in [1.54, 1.807) is 0 Å². The topological polar surface area (TPSA) is 54.0 Å². The predicted molar refractivity (Wildman–Crippen MR) is 86.0 cm³/mol. The molecule has 0 fully saturated rings. The number of benzene rings is 1. The zero-order valence-corrected chi connectivity index (χ0v) is 12.9. The molecule has 0 atom stereocenters. The Balaban J connectivity index is 1.86. The number of nitrogens with one attached hydrogen (secondary N) is 2. The maximum atomic E-state index is 11.6. The molecule has 0 bridgehead atoms. The lowest BCUT2D eigenvalue weighted by atomic mass is 10.1. The third kappa shape index (κ3) is 4.83. The largest absolute Gasteiger partial charge is 0.355 e. The molecule has 0 aliphatic carbocycles. The van der Waals surface area contributed by atoms with Crippen molar-refractivity contribution in [2.45, 2.75) is 27.3 Å². The van der Waals surface area contributed by atoms with Gasteiger partial charge in [0.15, 0.2) is 0 Å². The second kappa shape index (κ2) is 7.18. The van der Waals surface area contributed by atoms with E-state index < -0.39 is 0 Å². The molecular formula is C17H23N3O. The fourth-order valence-corrected chi connectivity index (χ4v) is 2.09. The van der Waals surface area contributed by atoms with Crippen LogP contribution in [0.4, 0.5) is 0 Å². The van der Waals surface area contributed by atoms with Gasteiger partial charge in [0, 0.05) is 24.2 Å². The summed E-state index contributed by atoms with van der Waals surface area (Å²) in [6, 6.07) is 10.3. The van der Waals surface area contributed by atoms with Crippen LogP contribution >= 0.6 is 0 Å². The number of rotatable bonds is 6. The van der Waals surface area contributed by atoms with Crippen molar-refractivity contribution in [1.29, 1.82) is 0 Å². The molecule has 4 heteroatoms. The molecule has 4 nitrogen and oxygen atoms in total. The third-order valence-electron chi connectivity index (χ3n) is 3.22. The van der Waals surface area contributed by atoms with Crippen molar-refractivity contribution in [2.75, 3.05) is 13.1 Å². The van der Waals surface area contributed by atoms with Gasteiger partial charge in [0.25, 0.3) is 0 Å². The van der Waals surface area contributed by atoms with E-state index in [0.29, 0.717) is 19.0 Å². The second-order valence-corrected chi connectivity index (χ2v) is 5.78. The molecule has 0 unspecified atom stereocenters. The van der Waals surface area contributed by atoms with Crippen molar-refractivity contribution in [3.8, 4) is 0 Å². The van der Waals surface area contributed by atoms with Crippen molar-refractivity contribution >= 4 is 16.8 Å². The van der Waals surface area contributed by atoms with Crippen molar-refractivity contribution in [1.82, 2.24) is 15.6 Å². The van der Waals surface area contributed by atoms with E-state index in [2.05, 4.69) is 41.6 Å².